The van der Waals surface area contributed by atoms with E-state index in [1.165, 1.54) is 6.21 Å². The number of carbonyl (C=O) groups excluding carboxylic acids is 1. The van der Waals surface area contributed by atoms with Crippen LogP contribution in [0.2, 0.25) is 0 Å². The fourth-order valence-electron chi connectivity index (χ4n) is 2.43. The fourth-order valence-corrected chi connectivity index (χ4v) is 2.43. The van der Waals surface area contributed by atoms with Crippen molar-refractivity contribution in [1.29, 1.82) is 0 Å². The van der Waals surface area contributed by atoms with Crippen LogP contribution in [0.5, 0.6) is 0 Å². The van der Waals surface area contributed by atoms with E-state index < -0.39 is 0 Å². The predicted molar refractivity (Wildman–Crippen MR) is 85.0 cm³/mol. The summed E-state index contributed by atoms with van der Waals surface area (Å²) in [7, 11) is 3.95. The van der Waals surface area contributed by atoms with Crippen LogP contribution in [0.3, 0.4) is 0 Å². The minimum absolute atomic E-state index is 0. The van der Waals surface area contributed by atoms with Gasteiger partial charge < -0.3 is 34.8 Å². The van der Waals surface area contributed by atoms with E-state index in [-0.39, 0.29) is 58.8 Å². The zero-order valence-electron chi connectivity index (χ0n) is 13.7. The van der Waals surface area contributed by atoms with Crippen molar-refractivity contribution in [3.05, 3.63) is 47.2 Å². The molecule has 1 aliphatic rings. The molecule has 0 fully saturated rings. The summed E-state index contributed by atoms with van der Waals surface area (Å²) in [6.45, 7) is 1.45. The van der Waals surface area contributed by atoms with Crippen molar-refractivity contribution in [2.45, 2.75) is 18.8 Å². The number of aliphatic imine (C=N–C) groups is 1. The van der Waals surface area contributed by atoms with Crippen molar-refractivity contribution in [3.8, 4) is 0 Å². The van der Waals surface area contributed by atoms with Crippen molar-refractivity contribution in [3.63, 3.8) is 0 Å². The van der Waals surface area contributed by atoms with Gasteiger partial charge in [0, 0.05) is 25.6 Å². The van der Waals surface area contributed by atoms with Crippen molar-refractivity contribution in [1.82, 2.24) is 4.90 Å². The molecule has 1 aliphatic carbocycles. The molecule has 1 atom stereocenters. The number of halogens is 2. The quantitative estimate of drug-likeness (QED) is 0.402. The minimum Gasteiger partial charge on any atom is -1.00 e. The van der Waals surface area contributed by atoms with Crippen LogP contribution in [-0.2, 0) is 21.3 Å². The van der Waals surface area contributed by atoms with Crippen molar-refractivity contribution in [2.24, 2.45) is 4.99 Å². The van der Waals surface area contributed by atoms with Crippen LogP contribution in [0.1, 0.15) is 24.3 Å². The number of aliphatic hydroxyl groups is 1. The molecule has 2 rings (SSSR count). The van der Waals surface area contributed by atoms with E-state index in [1.807, 2.05) is 49.3 Å². The Kier molecular flexibility index (Phi) is 13.2. The van der Waals surface area contributed by atoms with Gasteiger partial charge in [-0.15, -0.1) is 0 Å². The van der Waals surface area contributed by atoms with Gasteiger partial charge in [-0.25, -0.2) is 0 Å². The molecule has 0 aromatic heterocycles. The van der Waals surface area contributed by atoms with E-state index in [4.69, 9.17) is 0 Å². The molecule has 0 spiro atoms. The average molecular weight is 416 g/mol. The molecule has 7 heteroatoms. The number of ketones is 1. The third kappa shape index (κ3) is 7.35. The summed E-state index contributed by atoms with van der Waals surface area (Å²) in [5.74, 6) is 0.201. The van der Waals surface area contributed by atoms with E-state index >= 15 is 0 Å². The van der Waals surface area contributed by atoms with E-state index in [2.05, 4.69) is 4.99 Å². The molecular weight excluding hydrogens is 394 g/mol. The van der Waals surface area contributed by atoms with Crippen LogP contribution in [-0.4, -0.2) is 49.2 Å². The summed E-state index contributed by atoms with van der Waals surface area (Å²) in [5.41, 5.74) is 1.47. The topological polar surface area (TPSA) is 52.9 Å². The Labute approximate surface area is 166 Å². The van der Waals surface area contributed by atoms with E-state index in [0.29, 0.717) is 25.0 Å². The van der Waals surface area contributed by atoms with Gasteiger partial charge >= 0.3 is 16.5 Å². The number of rotatable bonds is 5. The third-order valence-electron chi connectivity index (χ3n) is 3.65. The van der Waals surface area contributed by atoms with E-state index in [9.17, 15) is 9.90 Å². The molecule has 0 aliphatic heterocycles. The minimum atomic E-state index is -0.0267. The van der Waals surface area contributed by atoms with E-state index in [0.717, 1.165) is 12.1 Å². The number of hydrogen-bond acceptors (Lipinski definition) is 4. The zero-order chi connectivity index (χ0) is 15.2. The average Bonchev–Trinajstić information content (AvgIpc) is 2.46. The Bertz CT molecular complexity index is 563. The number of benzene rings is 1. The Morgan fingerprint density at radius 2 is 1.83 bits per heavy atom. The van der Waals surface area contributed by atoms with Crippen LogP contribution < -0.4 is 24.8 Å². The van der Waals surface area contributed by atoms with Crippen molar-refractivity contribution in [2.75, 3.05) is 27.2 Å². The maximum atomic E-state index is 12.2. The standard InChI is InChI=1S/C17H22N2O2.2ClH.Ni/c1-19(2)9-8-18-12-15-16(20)10-14(11-17(15)21)13-6-4-3-5-7-13;;;/h3-7,12,14,20H,8-11H2,1-2H3;2*1H;/q;;;+2/p-2. The Hall–Kier alpha value is -0.866. The Balaban J connectivity index is 0. The number of carbonyl (C=O) groups is 1. The number of hydrogen-bond donors (Lipinski definition) is 1. The molecule has 1 unspecified atom stereocenters. The molecule has 4 nitrogen and oxygen atoms in total. The van der Waals surface area contributed by atoms with Gasteiger partial charge in [0.05, 0.1) is 12.1 Å². The first-order valence-electron chi connectivity index (χ1n) is 7.22. The van der Waals surface area contributed by atoms with Crippen LogP contribution >= 0.6 is 0 Å². The van der Waals surface area contributed by atoms with Crippen molar-refractivity contribution < 1.29 is 51.2 Å². The summed E-state index contributed by atoms with van der Waals surface area (Å²) in [5, 5.41) is 10.1. The second kappa shape index (κ2) is 12.5. The summed E-state index contributed by atoms with van der Waals surface area (Å²) in [6.07, 6.45) is 2.47. The number of likely N-dealkylation sites (N-methyl/N-ethyl adjacent to an activating group) is 1. The number of nitrogens with zero attached hydrogens (tertiary/aromatic N) is 2. The second-order valence-corrected chi connectivity index (χ2v) is 5.64. The van der Waals surface area contributed by atoms with Gasteiger partial charge in [0.2, 0.25) is 0 Å². The molecular formula is C17H22Cl2N2NiO2. The van der Waals surface area contributed by atoms with Crippen molar-refractivity contribution >= 4 is 12.0 Å². The molecule has 0 saturated carbocycles. The zero-order valence-corrected chi connectivity index (χ0v) is 16.2. The Morgan fingerprint density at radius 1 is 1.21 bits per heavy atom. The van der Waals surface area contributed by atoms with Crippen LogP contribution in [0.15, 0.2) is 46.7 Å². The van der Waals surface area contributed by atoms with Crippen LogP contribution in [0.25, 0.3) is 0 Å². The number of Topliss-reactive ketones (excluding diaryl/α,β-unsaturated/α-hetero) is 1. The molecule has 136 valence electrons. The van der Waals surface area contributed by atoms with Gasteiger partial charge in [0.1, 0.15) is 5.76 Å². The molecule has 0 bridgehead atoms. The summed E-state index contributed by atoms with van der Waals surface area (Å²) < 4.78 is 0. The molecule has 24 heavy (non-hydrogen) atoms. The smallest absolute Gasteiger partial charge is 1.00 e. The summed E-state index contributed by atoms with van der Waals surface area (Å²) >= 11 is 0. The predicted octanol–water partition coefficient (Wildman–Crippen LogP) is -3.42. The van der Waals surface area contributed by atoms with E-state index in [1.54, 1.807) is 0 Å². The maximum Gasteiger partial charge on any atom is 2.00 e. The molecule has 0 saturated heterocycles. The number of aliphatic hydroxyl groups excluding tert-OH is 1. The molecule has 1 aromatic carbocycles. The maximum absolute atomic E-state index is 12.2. The third-order valence-corrected chi connectivity index (χ3v) is 3.65. The van der Waals surface area contributed by atoms with Crippen LogP contribution in [0, 0.1) is 0 Å². The van der Waals surface area contributed by atoms with Crippen LogP contribution in [0.4, 0.5) is 0 Å². The van der Waals surface area contributed by atoms with Gasteiger partial charge in [0.25, 0.3) is 0 Å². The van der Waals surface area contributed by atoms with Gasteiger partial charge in [-0.05, 0) is 25.6 Å². The first-order chi connectivity index (χ1) is 10.1. The molecule has 1 N–H and O–H groups in total. The molecule has 0 amide bonds. The normalized spacial score (nSPS) is 17.3. The van der Waals surface area contributed by atoms with Gasteiger partial charge in [-0.1, -0.05) is 30.3 Å². The summed E-state index contributed by atoms with van der Waals surface area (Å²) in [6, 6.07) is 9.87. The second-order valence-electron chi connectivity index (χ2n) is 5.64. The molecule has 0 radical (unpaired) electrons. The fraction of sp³-hybridized carbons (Fsp3) is 0.412. The van der Waals surface area contributed by atoms with Gasteiger partial charge in [-0.2, -0.15) is 0 Å². The van der Waals surface area contributed by atoms with Gasteiger partial charge in [0.15, 0.2) is 5.78 Å². The molecule has 1 aromatic rings. The monoisotopic (exact) mass is 414 g/mol. The largest absolute Gasteiger partial charge is 2.00 e. The first kappa shape index (κ1) is 25.4. The Morgan fingerprint density at radius 3 is 2.38 bits per heavy atom. The first-order valence-corrected chi connectivity index (χ1v) is 7.22. The summed E-state index contributed by atoms with van der Waals surface area (Å²) in [4.78, 5) is 18.5. The molecule has 0 heterocycles. The van der Waals surface area contributed by atoms with Gasteiger partial charge in [-0.3, -0.25) is 9.79 Å². The number of allylic oxidation sites excluding steroid dienone is 2. The SMILES string of the molecule is CN(C)CCN=CC1=C(O)CC(c2ccccc2)CC1=O.[Cl-].[Cl-].[Ni+2].